The number of thiol groups is 1. The Bertz CT molecular complexity index is 642. The first-order valence-corrected chi connectivity index (χ1v) is 6.78. The van der Waals surface area contributed by atoms with Gasteiger partial charge >= 0.3 is 6.18 Å². The number of aryl methyl sites for hydroxylation is 1. The van der Waals surface area contributed by atoms with Crippen molar-refractivity contribution in [2.75, 3.05) is 5.73 Å². The summed E-state index contributed by atoms with van der Waals surface area (Å²) in [6.45, 7) is 4.00. The second-order valence-corrected chi connectivity index (χ2v) is 4.36. The molecule has 2 heterocycles. The molecule has 22 heavy (non-hydrogen) atoms. The molecule has 0 bridgehead atoms. The number of hydrogen-bond acceptors (Lipinski definition) is 4. The van der Waals surface area contributed by atoms with Crippen molar-refractivity contribution < 1.29 is 13.2 Å². The Morgan fingerprint density at radius 3 is 2.18 bits per heavy atom. The topological polar surface area (TPSA) is 60.9 Å². The molecule has 2 N–H and O–H groups in total. The van der Waals surface area contributed by atoms with Gasteiger partial charge in [-0.15, -0.1) is 12.6 Å². The van der Waals surface area contributed by atoms with Gasteiger partial charge in [-0.3, -0.25) is 9.78 Å². The lowest BCUT2D eigenvalue weighted by atomic mass is 10.2. The van der Waals surface area contributed by atoms with E-state index in [0.717, 1.165) is 18.5 Å². The molecule has 8 heteroatoms. The molecule has 0 aliphatic heterocycles. The zero-order valence-electron chi connectivity index (χ0n) is 12.4. The highest BCUT2D eigenvalue weighted by atomic mass is 32.1. The Kier molecular flexibility index (Phi) is 8.32. The van der Waals surface area contributed by atoms with Crippen molar-refractivity contribution in [3.8, 4) is 0 Å². The molecule has 0 saturated heterocycles. The number of nitrogens with zero attached hydrogens (tertiary/aromatic N) is 2. The van der Waals surface area contributed by atoms with Gasteiger partial charge in [-0.25, -0.2) is 0 Å². The van der Waals surface area contributed by atoms with Gasteiger partial charge in [-0.1, -0.05) is 13.8 Å². The van der Waals surface area contributed by atoms with Crippen molar-refractivity contribution in [3.05, 3.63) is 52.7 Å². The third-order valence-corrected chi connectivity index (χ3v) is 2.45. The van der Waals surface area contributed by atoms with Crippen LogP contribution >= 0.6 is 12.6 Å². The first-order valence-electron chi connectivity index (χ1n) is 6.33. The van der Waals surface area contributed by atoms with E-state index < -0.39 is 11.7 Å². The molecule has 4 nitrogen and oxygen atoms in total. The quantitative estimate of drug-likeness (QED) is 0.727. The minimum Gasteiger partial charge on any atom is -0.397 e. The molecule has 0 aliphatic carbocycles. The van der Waals surface area contributed by atoms with Crippen LogP contribution in [0.3, 0.4) is 0 Å². The predicted molar refractivity (Wildman–Crippen MR) is 83.9 cm³/mol. The summed E-state index contributed by atoms with van der Waals surface area (Å²) in [5.41, 5.74) is 4.26. The molecular weight excluding hydrogens is 315 g/mol. The predicted octanol–water partition coefficient (Wildman–Crippen LogP) is 3.38. The van der Waals surface area contributed by atoms with Crippen molar-refractivity contribution >= 4 is 18.3 Å². The maximum atomic E-state index is 11.9. The minimum atomic E-state index is -4.36. The first kappa shape index (κ1) is 20.0. The Labute approximate surface area is 132 Å². The summed E-state index contributed by atoms with van der Waals surface area (Å²) in [5.74, 6) is 0. The van der Waals surface area contributed by atoms with Crippen LogP contribution in [0.4, 0.5) is 18.9 Å². The smallest absolute Gasteiger partial charge is 0.397 e. The largest absolute Gasteiger partial charge is 0.417 e. The average molecular weight is 333 g/mol. The molecule has 2 aromatic heterocycles. The molecule has 0 atom stereocenters. The van der Waals surface area contributed by atoms with Crippen molar-refractivity contribution in [2.24, 2.45) is 7.05 Å². The molecule has 2 aromatic rings. The Morgan fingerprint density at radius 2 is 1.82 bits per heavy atom. The second-order valence-electron chi connectivity index (χ2n) is 3.84. The average Bonchev–Trinajstić information content (AvgIpc) is 2.45. The third-order valence-electron chi connectivity index (χ3n) is 2.17. The monoisotopic (exact) mass is 333 g/mol. The Hall–Kier alpha value is -1.96. The summed E-state index contributed by atoms with van der Waals surface area (Å²) in [6.07, 6.45) is -0.779. The highest BCUT2D eigenvalue weighted by molar-refractivity contribution is 7.80. The minimum absolute atomic E-state index is 0.0137. The first-order chi connectivity index (χ1) is 10.2. The van der Waals surface area contributed by atoms with Gasteiger partial charge in [0.2, 0.25) is 0 Å². The summed E-state index contributed by atoms with van der Waals surface area (Å²) in [4.78, 5) is 14.8. The fourth-order valence-electron chi connectivity index (χ4n) is 1.15. The van der Waals surface area contributed by atoms with E-state index in [4.69, 9.17) is 5.73 Å². The summed E-state index contributed by atoms with van der Waals surface area (Å²) in [6, 6.07) is 4.08. The van der Waals surface area contributed by atoms with E-state index in [9.17, 15) is 18.0 Å². The SMILES string of the molecule is CC.Cn1ccc(S)cc1=O.Nc1cncc(C(F)(F)F)c1. The normalized spacial score (nSPS) is 9.95. The number of aromatic nitrogens is 2. The molecule has 0 aromatic carbocycles. The van der Waals surface area contributed by atoms with Gasteiger partial charge in [0.25, 0.3) is 5.56 Å². The van der Waals surface area contributed by atoms with Crippen LogP contribution < -0.4 is 11.3 Å². The van der Waals surface area contributed by atoms with E-state index in [1.165, 1.54) is 10.6 Å². The van der Waals surface area contributed by atoms with E-state index in [1.54, 1.807) is 19.3 Å². The van der Waals surface area contributed by atoms with Gasteiger partial charge in [0.05, 0.1) is 11.3 Å². The van der Waals surface area contributed by atoms with Crippen molar-refractivity contribution in [1.82, 2.24) is 9.55 Å². The summed E-state index contributed by atoms with van der Waals surface area (Å²) in [5, 5.41) is 0. The standard InChI is InChI=1S/C6H5F3N2.C6H7NOS.C2H6/c7-6(8,9)4-1-5(10)3-11-2-4;1-7-3-2-5(9)4-6(7)8;1-2/h1-3H,10H2;2-4,9H,1H3;1-2H3. The highest BCUT2D eigenvalue weighted by Crippen LogP contribution is 2.29. The third kappa shape index (κ3) is 7.16. The van der Waals surface area contributed by atoms with E-state index in [2.05, 4.69) is 17.6 Å². The van der Waals surface area contributed by atoms with Gasteiger partial charge in [-0.2, -0.15) is 13.2 Å². The maximum Gasteiger partial charge on any atom is 0.417 e. The number of halogens is 3. The van der Waals surface area contributed by atoms with Crippen molar-refractivity contribution in [1.29, 1.82) is 0 Å². The number of anilines is 1. The maximum absolute atomic E-state index is 11.9. The lowest BCUT2D eigenvalue weighted by Gasteiger charge is -2.04. The molecule has 0 amide bonds. The fraction of sp³-hybridized carbons (Fsp3) is 0.286. The number of alkyl halides is 3. The Morgan fingerprint density at radius 1 is 1.23 bits per heavy atom. The van der Waals surface area contributed by atoms with Gasteiger partial charge in [0, 0.05) is 36.6 Å². The van der Waals surface area contributed by atoms with Gasteiger partial charge in [-0.05, 0) is 12.1 Å². The molecule has 0 unspecified atom stereocenters. The molecule has 0 fully saturated rings. The van der Waals surface area contributed by atoms with Crippen LogP contribution in [0.5, 0.6) is 0 Å². The van der Waals surface area contributed by atoms with Gasteiger partial charge < -0.3 is 10.3 Å². The van der Waals surface area contributed by atoms with Gasteiger partial charge in [0.1, 0.15) is 0 Å². The van der Waals surface area contributed by atoms with Gasteiger partial charge in [0.15, 0.2) is 0 Å². The van der Waals surface area contributed by atoms with E-state index in [1.807, 2.05) is 13.8 Å². The molecular formula is C14H18F3N3OS. The lowest BCUT2D eigenvalue weighted by Crippen LogP contribution is -2.13. The highest BCUT2D eigenvalue weighted by Gasteiger charge is 2.30. The number of nitrogen functional groups attached to an aromatic ring is 1. The summed E-state index contributed by atoms with van der Waals surface area (Å²) < 4.78 is 37.1. The zero-order valence-corrected chi connectivity index (χ0v) is 13.3. The number of hydrogen-bond donors (Lipinski definition) is 2. The van der Waals surface area contributed by atoms with Crippen molar-refractivity contribution in [3.63, 3.8) is 0 Å². The van der Waals surface area contributed by atoms with Crippen LogP contribution in [-0.4, -0.2) is 9.55 Å². The van der Waals surface area contributed by atoms with E-state index in [0.29, 0.717) is 4.90 Å². The molecule has 122 valence electrons. The number of pyridine rings is 2. The van der Waals surface area contributed by atoms with Crippen LogP contribution in [0.15, 0.2) is 46.5 Å². The number of nitrogens with two attached hydrogens (primary N) is 1. The van der Waals surface area contributed by atoms with Crippen LogP contribution in [-0.2, 0) is 13.2 Å². The van der Waals surface area contributed by atoms with Crippen LogP contribution in [0.2, 0.25) is 0 Å². The second kappa shape index (κ2) is 9.14. The molecule has 0 aliphatic rings. The summed E-state index contributed by atoms with van der Waals surface area (Å²) in [7, 11) is 1.70. The van der Waals surface area contributed by atoms with Crippen molar-refractivity contribution in [2.45, 2.75) is 24.9 Å². The summed E-state index contributed by atoms with van der Waals surface area (Å²) >= 11 is 3.99. The molecule has 0 radical (unpaired) electrons. The Balaban J connectivity index is 0.000000366. The van der Waals surface area contributed by atoms with E-state index in [-0.39, 0.29) is 11.2 Å². The van der Waals surface area contributed by atoms with Crippen LogP contribution in [0.1, 0.15) is 19.4 Å². The van der Waals surface area contributed by atoms with E-state index >= 15 is 0 Å². The lowest BCUT2D eigenvalue weighted by molar-refractivity contribution is -0.137. The van der Waals surface area contributed by atoms with Crippen LogP contribution in [0.25, 0.3) is 0 Å². The fourth-order valence-corrected chi connectivity index (χ4v) is 1.33. The number of rotatable bonds is 0. The molecule has 0 saturated carbocycles. The zero-order chi connectivity index (χ0) is 17.3. The molecule has 2 rings (SSSR count). The molecule has 0 spiro atoms. The van der Waals surface area contributed by atoms with Crippen LogP contribution in [0, 0.1) is 0 Å².